The summed E-state index contributed by atoms with van der Waals surface area (Å²) in [5.41, 5.74) is -0.515. The lowest BCUT2D eigenvalue weighted by molar-refractivity contribution is 0.0485. The minimum Gasteiger partial charge on any atom is -0.390 e. The number of likely N-dealkylation sites (tertiary alicyclic amines) is 1. The second-order valence-corrected chi connectivity index (χ2v) is 6.47. The average Bonchev–Trinajstić information content (AvgIpc) is 2.79. The van der Waals surface area contributed by atoms with Gasteiger partial charge in [0.05, 0.1) is 5.60 Å². The van der Waals surface area contributed by atoms with Crippen molar-refractivity contribution in [3.63, 3.8) is 0 Å². The van der Waals surface area contributed by atoms with Gasteiger partial charge in [-0.15, -0.1) is 0 Å². The highest BCUT2D eigenvalue weighted by molar-refractivity contribution is 4.86. The van der Waals surface area contributed by atoms with E-state index in [4.69, 9.17) is 0 Å². The molecule has 100 valence electrons. The molecule has 0 spiro atoms. The molecule has 2 N–H and O–H groups in total. The fourth-order valence-corrected chi connectivity index (χ4v) is 3.17. The SMILES string of the molecule is CC(C)(O)CCN1CCCC(C2CCCN2)C1. The number of nitrogens with one attached hydrogen (secondary N) is 1. The fraction of sp³-hybridized carbons (Fsp3) is 1.00. The standard InChI is InChI=1S/C14H28N2O/c1-14(2,17)7-10-16-9-4-5-12(11-16)13-6-3-8-15-13/h12-13,15,17H,3-11H2,1-2H3. The van der Waals surface area contributed by atoms with Crippen LogP contribution in [0.1, 0.15) is 46.0 Å². The maximum atomic E-state index is 9.79. The van der Waals surface area contributed by atoms with Gasteiger partial charge in [-0.3, -0.25) is 0 Å². The first kappa shape index (κ1) is 13.3. The first-order valence-corrected chi connectivity index (χ1v) is 7.23. The van der Waals surface area contributed by atoms with Crippen molar-refractivity contribution in [1.82, 2.24) is 10.2 Å². The lowest BCUT2D eigenvalue weighted by atomic mass is 9.89. The summed E-state index contributed by atoms with van der Waals surface area (Å²) in [6, 6.07) is 0.764. The number of hydrogen-bond donors (Lipinski definition) is 2. The average molecular weight is 240 g/mol. The Morgan fingerprint density at radius 2 is 2.12 bits per heavy atom. The minimum absolute atomic E-state index is 0.515. The van der Waals surface area contributed by atoms with Crippen molar-refractivity contribution < 1.29 is 5.11 Å². The first-order valence-electron chi connectivity index (χ1n) is 7.23. The van der Waals surface area contributed by atoms with Crippen molar-refractivity contribution in [3.8, 4) is 0 Å². The molecule has 0 aliphatic carbocycles. The van der Waals surface area contributed by atoms with Crippen molar-refractivity contribution >= 4 is 0 Å². The van der Waals surface area contributed by atoms with Crippen molar-refractivity contribution in [1.29, 1.82) is 0 Å². The number of piperidine rings is 1. The van der Waals surface area contributed by atoms with Crippen LogP contribution in [0.4, 0.5) is 0 Å². The maximum absolute atomic E-state index is 9.79. The van der Waals surface area contributed by atoms with Crippen LogP contribution in [0.15, 0.2) is 0 Å². The molecule has 0 aromatic carbocycles. The molecular formula is C14H28N2O. The summed E-state index contributed by atoms with van der Waals surface area (Å²) < 4.78 is 0. The molecule has 0 aromatic rings. The van der Waals surface area contributed by atoms with Crippen LogP contribution < -0.4 is 5.32 Å². The molecule has 2 unspecified atom stereocenters. The van der Waals surface area contributed by atoms with Crippen molar-refractivity contribution in [2.24, 2.45) is 5.92 Å². The van der Waals surface area contributed by atoms with Gasteiger partial charge < -0.3 is 15.3 Å². The summed E-state index contributed by atoms with van der Waals surface area (Å²) in [5.74, 6) is 0.841. The Morgan fingerprint density at radius 1 is 1.29 bits per heavy atom. The molecule has 2 aliphatic rings. The van der Waals surface area contributed by atoms with Crippen LogP contribution in [0.5, 0.6) is 0 Å². The largest absolute Gasteiger partial charge is 0.390 e. The van der Waals surface area contributed by atoms with E-state index in [9.17, 15) is 5.11 Å². The minimum atomic E-state index is -0.515. The predicted molar refractivity (Wildman–Crippen MR) is 71.1 cm³/mol. The summed E-state index contributed by atoms with van der Waals surface area (Å²) in [5, 5.41) is 13.4. The van der Waals surface area contributed by atoms with Crippen molar-refractivity contribution in [2.45, 2.75) is 57.6 Å². The van der Waals surface area contributed by atoms with Crippen LogP contribution in [0.25, 0.3) is 0 Å². The van der Waals surface area contributed by atoms with E-state index < -0.39 is 5.60 Å². The second-order valence-electron chi connectivity index (χ2n) is 6.47. The van der Waals surface area contributed by atoms with Gasteiger partial charge in [0.25, 0.3) is 0 Å². The Bertz CT molecular complexity index is 231. The molecule has 2 saturated heterocycles. The van der Waals surface area contributed by atoms with E-state index in [2.05, 4.69) is 10.2 Å². The van der Waals surface area contributed by atoms with E-state index in [0.29, 0.717) is 0 Å². The van der Waals surface area contributed by atoms with Crippen LogP contribution in [0.3, 0.4) is 0 Å². The first-order chi connectivity index (χ1) is 8.04. The number of hydrogen-bond acceptors (Lipinski definition) is 3. The quantitative estimate of drug-likeness (QED) is 0.784. The zero-order chi connectivity index (χ0) is 12.3. The Balaban J connectivity index is 1.76. The van der Waals surface area contributed by atoms with Crippen LogP contribution in [0, 0.1) is 5.92 Å². The third-order valence-electron chi connectivity index (χ3n) is 4.25. The molecule has 3 nitrogen and oxygen atoms in total. The second kappa shape index (κ2) is 5.68. The van der Waals surface area contributed by atoms with E-state index in [1.807, 2.05) is 13.8 Å². The summed E-state index contributed by atoms with van der Waals surface area (Å²) in [7, 11) is 0. The van der Waals surface area contributed by atoms with E-state index in [1.54, 1.807) is 0 Å². The molecule has 2 heterocycles. The highest BCUT2D eigenvalue weighted by Crippen LogP contribution is 2.25. The van der Waals surface area contributed by atoms with E-state index in [-0.39, 0.29) is 0 Å². The van der Waals surface area contributed by atoms with Gasteiger partial charge in [-0.25, -0.2) is 0 Å². The number of nitrogens with zero attached hydrogens (tertiary/aromatic N) is 1. The summed E-state index contributed by atoms with van der Waals surface area (Å²) in [6.07, 6.45) is 6.32. The van der Waals surface area contributed by atoms with Crippen molar-refractivity contribution in [2.75, 3.05) is 26.2 Å². The lowest BCUT2D eigenvalue weighted by Crippen LogP contribution is -2.44. The predicted octanol–water partition coefficient (Wildman–Crippen LogP) is 1.61. The normalized spacial score (nSPS) is 31.9. The fourth-order valence-electron chi connectivity index (χ4n) is 3.17. The number of aliphatic hydroxyl groups is 1. The van der Waals surface area contributed by atoms with E-state index in [1.165, 1.54) is 45.3 Å². The molecular weight excluding hydrogens is 212 g/mol. The third-order valence-corrected chi connectivity index (χ3v) is 4.25. The maximum Gasteiger partial charge on any atom is 0.0603 e. The Labute approximate surface area is 106 Å². The zero-order valence-corrected chi connectivity index (χ0v) is 11.4. The smallest absolute Gasteiger partial charge is 0.0603 e. The Kier molecular flexibility index (Phi) is 4.45. The highest BCUT2D eigenvalue weighted by atomic mass is 16.3. The molecule has 2 atom stereocenters. The summed E-state index contributed by atoms with van der Waals surface area (Å²) in [6.45, 7) is 8.53. The van der Waals surface area contributed by atoms with Crippen LogP contribution >= 0.6 is 0 Å². The van der Waals surface area contributed by atoms with Gasteiger partial charge in [-0.2, -0.15) is 0 Å². The van der Waals surface area contributed by atoms with Gasteiger partial charge >= 0.3 is 0 Å². The molecule has 0 radical (unpaired) electrons. The molecule has 2 rings (SSSR count). The van der Waals surface area contributed by atoms with Gasteiger partial charge in [-0.1, -0.05) is 0 Å². The zero-order valence-electron chi connectivity index (χ0n) is 11.4. The Morgan fingerprint density at radius 3 is 2.76 bits per heavy atom. The molecule has 2 fully saturated rings. The molecule has 0 amide bonds. The molecule has 0 bridgehead atoms. The third kappa shape index (κ3) is 4.23. The van der Waals surface area contributed by atoms with Crippen molar-refractivity contribution in [3.05, 3.63) is 0 Å². The summed E-state index contributed by atoms with van der Waals surface area (Å²) >= 11 is 0. The Hall–Kier alpha value is -0.120. The molecule has 17 heavy (non-hydrogen) atoms. The van der Waals surface area contributed by atoms with Gasteiger partial charge in [-0.05, 0) is 65.0 Å². The van der Waals surface area contributed by atoms with Gasteiger partial charge in [0.15, 0.2) is 0 Å². The van der Waals surface area contributed by atoms with Gasteiger partial charge in [0, 0.05) is 19.1 Å². The van der Waals surface area contributed by atoms with E-state index in [0.717, 1.165) is 24.9 Å². The molecule has 3 heteroatoms. The molecule has 0 aromatic heterocycles. The van der Waals surface area contributed by atoms with Gasteiger partial charge in [0.2, 0.25) is 0 Å². The highest BCUT2D eigenvalue weighted by Gasteiger charge is 2.29. The lowest BCUT2D eigenvalue weighted by Gasteiger charge is -2.36. The number of rotatable bonds is 4. The monoisotopic (exact) mass is 240 g/mol. The van der Waals surface area contributed by atoms with E-state index >= 15 is 0 Å². The molecule has 2 aliphatic heterocycles. The summed E-state index contributed by atoms with van der Waals surface area (Å²) in [4.78, 5) is 2.55. The van der Waals surface area contributed by atoms with Crippen LogP contribution in [-0.2, 0) is 0 Å². The van der Waals surface area contributed by atoms with Crippen LogP contribution in [0.2, 0.25) is 0 Å². The van der Waals surface area contributed by atoms with Crippen LogP contribution in [-0.4, -0.2) is 47.8 Å². The molecule has 0 saturated carbocycles. The van der Waals surface area contributed by atoms with Gasteiger partial charge in [0.1, 0.15) is 0 Å². The topological polar surface area (TPSA) is 35.5 Å².